The van der Waals surface area contributed by atoms with E-state index in [1.54, 1.807) is 0 Å². The zero-order valence-electron chi connectivity index (χ0n) is 10.0. The summed E-state index contributed by atoms with van der Waals surface area (Å²) in [6.45, 7) is 4.32. The molecule has 1 saturated heterocycles. The Kier molecular flexibility index (Phi) is 2.93. The van der Waals surface area contributed by atoms with Crippen LogP contribution >= 0.6 is 11.6 Å². The third kappa shape index (κ3) is 2.12. The second-order valence-electron chi connectivity index (χ2n) is 5.14. The molecule has 90 valence electrons. The third-order valence-electron chi connectivity index (χ3n) is 3.96. The molecule has 2 atom stereocenters. The molecule has 1 fully saturated rings. The zero-order chi connectivity index (χ0) is 11.8. The van der Waals surface area contributed by atoms with Gasteiger partial charge in [0.2, 0.25) is 0 Å². The van der Waals surface area contributed by atoms with Crippen LogP contribution in [-0.4, -0.2) is 18.1 Å². The first kappa shape index (κ1) is 11.2. The van der Waals surface area contributed by atoms with E-state index in [9.17, 15) is 0 Å². The third-order valence-corrected chi connectivity index (χ3v) is 4.36. The Morgan fingerprint density at radius 3 is 3.12 bits per heavy atom. The van der Waals surface area contributed by atoms with Crippen molar-refractivity contribution in [3.8, 4) is 0 Å². The lowest BCUT2D eigenvalue weighted by molar-refractivity contribution is 0.323. The molecule has 1 aliphatic carbocycles. The van der Waals surface area contributed by atoms with Crippen molar-refractivity contribution in [2.24, 2.45) is 11.8 Å². The Labute approximate surface area is 107 Å². The number of nitrogens with zero attached hydrogens (tertiary/aromatic N) is 1. The number of allylic oxidation sites excluding steroid dienone is 1. The molecular weight excluding hydrogens is 232 g/mol. The van der Waals surface area contributed by atoms with Crippen molar-refractivity contribution in [2.75, 3.05) is 13.1 Å². The van der Waals surface area contributed by atoms with Crippen LogP contribution in [0, 0.1) is 18.8 Å². The monoisotopic (exact) mass is 248 g/mol. The van der Waals surface area contributed by atoms with E-state index in [1.165, 1.54) is 30.5 Å². The van der Waals surface area contributed by atoms with Crippen LogP contribution in [0.15, 0.2) is 18.3 Å². The van der Waals surface area contributed by atoms with Gasteiger partial charge in [-0.15, -0.1) is 0 Å². The molecular formula is C14H17ClN2. The minimum Gasteiger partial charge on any atom is -0.316 e. The van der Waals surface area contributed by atoms with Gasteiger partial charge in [-0.1, -0.05) is 17.7 Å². The molecule has 2 aliphatic rings. The van der Waals surface area contributed by atoms with Crippen molar-refractivity contribution in [3.63, 3.8) is 0 Å². The van der Waals surface area contributed by atoms with Crippen LogP contribution in [0.25, 0.3) is 5.57 Å². The second-order valence-corrected chi connectivity index (χ2v) is 5.50. The van der Waals surface area contributed by atoms with Gasteiger partial charge in [0.15, 0.2) is 0 Å². The lowest BCUT2D eigenvalue weighted by atomic mass is 9.89. The highest BCUT2D eigenvalue weighted by Gasteiger charge is 2.30. The Morgan fingerprint density at radius 2 is 2.35 bits per heavy atom. The van der Waals surface area contributed by atoms with Gasteiger partial charge in [-0.25, -0.2) is 4.98 Å². The number of halogens is 1. The Hall–Kier alpha value is -0.860. The number of piperidine rings is 1. The van der Waals surface area contributed by atoms with Crippen LogP contribution in [0.4, 0.5) is 0 Å². The Bertz CT molecular complexity index is 467. The maximum atomic E-state index is 5.97. The molecule has 1 aliphatic heterocycles. The summed E-state index contributed by atoms with van der Waals surface area (Å²) >= 11 is 5.97. The van der Waals surface area contributed by atoms with Gasteiger partial charge < -0.3 is 5.32 Å². The summed E-state index contributed by atoms with van der Waals surface area (Å²) in [5.74, 6) is 1.55. The summed E-state index contributed by atoms with van der Waals surface area (Å²) in [5, 5.41) is 4.08. The maximum absolute atomic E-state index is 5.97. The summed E-state index contributed by atoms with van der Waals surface area (Å²) in [6.07, 6.45) is 6.84. The van der Waals surface area contributed by atoms with Gasteiger partial charge in [0.1, 0.15) is 5.15 Å². The maximum Gasteiger partial charge on any atom is 0.131 e. The summed E-state index contributed by atoms with van der Waals surface area (Å²) in [6, 6.07) is 2.16. The predicted octanol–water partition coefficient (Wildman–Crippen LogP) is 3.06. The topological polar surface area (TPSA) is 24.9 Å². The van der Waals surface area contributed by atoms with Gasteiger partial charge in [0, 0.05) is 12.7 Å². The lowest BCUT2D eigenvalue weighted by Crippen LogP contribution is -2.33. The number of fused-ring (bicyclic) bond motifs is 1. The number of aryl methyl sites for hydroxylation is 1. The molecule has 0 radical (unpaired) electrons. The van der Waals surface area contributed by atoms with E-state index in [-0.39, 0.29) is 0 Å². The van der Waals surface area contributed by atoms with E-state index in [0.29, 0.717) is 5.15 Å². The highest BCUT2D eigenvalue weighted by Crippen LogP contribution is 2.39. The van der Waals surface area contributed by atoms with Gasteiger partial charge in [-0.05, 0) is 60.9 Å². The smallest absolute Gasteiger partial charge is 0.131 e. The minimum absolute atomic E-state index is 0.617. The Balaban J connectivity index is 1.87. The van der Waals surface area contributed by atoms with E-state index < -0.39 is 0 Å². The molecule has 0 unspecified atom stereocenters. The molecule has 2 nitrogen and oxygen atoms in total. The first-order valence-electron chi connectivity index (χ1n) is 6.28. The van der Waals surface area contributed by atoms with Crippen molar-refractivity contribution < 1.29 is 0 Å². The highest BCUT2D eigenvalue weighted by atomic mass is 35.5. The van der Waals surface area contributed by atoms with Crippen LogP contribution in [0.1, 0.15) is 24.0 Å². The SMILES string of the molecule is Cc1cc(C2=C[C@H]3CNCC[C@H]3C2)cnc1Cl. The fourth-order valence-corrected chi connectivity index (χ4v) is 3.05. The first-order valence-corrected chi connectivity index (χ1v) is 6.66. The molecule has 0 aromatic carbocycles. The summed E-state index contributed by atoms with van der Waals surface area (Å²) in [5.41, 5.74) is 3.77. The average Bonchev–Trinajstić information content (AvgIpc) is 2.76. The van der Waals surface area contributed by atoms with E-state index >= 15 is 0 Å². The highest BCUT2D eigenvalue weighted by molar-refractivity contribution is 6.30. The number of pyridine rings is 1. The molecule has 2 heterocycles. The quantitative estimate of drug-likeness (QED) is 0.773. The molecule has 3 rings (SSSR count). The summed E-state index contributed by atoms with van der Waals surface area (Å²) in [7, 11) is 0. The van der Waals surface area contributed by atoms with Gasteiger partial charge in [-0.3, -0.25) is 0 Å². The molecule has 1 N–H and O–H groups in total. The largest absolute Gasteiger partial charge is 0.316 e. The van der Waals surface area contributed by atoms with Crippen molar-refractivity contribution >= 4 is 17.2 Å². The number of hydrogen-bond donors (Lipinski definition) is 1. The van der Waals surface area contributed by atoms with Crippen LogP contribution in [0.2, 0.25) is 5.15 Å². The molecule has 1 aromatic heterocycles. The predicted molar refractivity (Wildman–Crippen MR) is 71.0 cm³/mol. The van der Waals surface area contributed by atoms with Gasteiger partial charge in [0.05, 0.1) is 0 Å². The molecule has 0 saturated carbocycles. The number of rotatable bonds is 1. The van der Waals surface area contributed by atoms with Crippen LogP contribution in [0.5, 0.6) is 0 Å². The minimum atomic E-state index is 0.617. The summed E-state index contributed by atoms with van der Waals surface area (Å²) in [4.78, 5) is 4.25. The van der Waals surface area contributed by atoms with E-state index in [1.807, 2.05) is 13.1 Å². The van der Waals surface area contributed by atoms with Gasteiger partial charge in [-0.2, -0.15) is 0 Å². The fourth-order valence-electron chi connectivity index (χ4n) is 2.94. The molecule has 3 heteroatoms. The fraction of sp³-hybridized carbons (Fsp3) is 0.500. The van der Waals surface area contributed by atoms with Crippen molar-refractivity contribution in [3.05, 3.63) is 34.6 Å². The molecule has 0 bridgehead atoms. The van der Waals surface area contributed by atoms with Crippen molar-refractivity contribution in [1.82, 2.24) is 10.3 Å². The van der Waals surface area contributed by atoms with E-state index in [0.717, 1.165) is 23.9 Å². The van der Waals surface area contributed by atoms with Gasteiger partial charge >= 0.3 is 0 Å². The average molecular weight is 249 g/mol. The zero-order valence-corrected chi connectivity index (χ0v) is 10.8. The number of hydrogen-bond acceptors (Lipinski definition) is 2. The van der Waals surface area contributed by atoms with E-state index in [4.69, 9.17) is 11.6 Å². The van der Waals surface area contributed by atoms with Crippen LogP contribution in [-0.2, 0) is 0 Å². The first-order chi connectivity index (χ1) is 8.24. The van der Waals surface area contributed by atoms with Gasteiger partial charge in [0.25, 0.3) is 0 Å². The van der Waals surface area contributed by atoms with Crippen molar-refractivity contribution in [2.45, 2.75) is 19.8 Å². The molecule has 0 spiro atoms. The molecule has 0 amide bonds. The standard InChI is InChI=1S/C14H17ClN2/c1-9-4-12(8-17-14(9)15)11-5-10-2-3-16-7-13(10)6-11/h4,6,8,10,13,16H,2-3,5,7H2,1H3/t10-,13-/m0/s1. The lowest BCUT2D eigenvalue weighted by Gasteiger charge is -2.25. The van der Waals surface area contributed by atoms with Crippen LogP contribution < -0.4 is 5.32 Å². The normalized spacial score (nSPS) is 27.8. The number of nitrogens with one attached hydrogen (secondary N) is 1. The second kappa shape index (κ2) is 4.43. The summed E-state index contributed by atoms with van der Waals surface area (Å²) < 4.78 is 0. The van der Waals surface area contributed by atoms with Crippen molar-refractivity contribution in [1.29, 1.82) is 0 Å². The molecule has 1 aromatic rings. The van der Waals surface area contributed by atoms with E-state index in [2.05, 4.69) is 22.4 Å². The number of aromatic nitrogens is 1. The van der Waals surface area contributed by atoms with Crippen LogP contribution in [0.3, 0.4) is 0 Å². The molecule has 17 heavy (non-hydrogen) atoms. The Morgan fingerprint density at radius 1 is 1.47 bits per heavy atom.